The Morgan fingerprint density at radius 3 is 2.48 bits per heavy atom. The van der Waals surface area contributed by atoms with Gasteiger partial charge in [0.05, 0.1) is 11.1 Å². The van der Waals surface area contributed by atoms with Crippen molar-refractivity contribution in [3.05, 3.63) is 56.0 Å². The quantitative estimate of drug-likeness (QED) is 0.409. The van der Waals surface area contributed by atoms with Gasteiger partial charge >= 0.3 is 0 Å². The van der Waals surface area contributed by atoms with Gasteiger partial charge in [-0.2, -0.15) is 0 Å². The fourth-order valence-electron chi connectivity index (χ4n) is 2.42. The van der Waals surface area contributed by atoms with Gasteiger partial charge in [0.25, 0.3) is 0 Å². The van der Waals surface area contributed by atoms with Gasteiger partial charge in [-0.3, -0.25) is 0 Å². The molecule has 0 aromatic heterocycles. The van der Waals surface area contributed by atoms with Crippen LogP contribution in [0.3, 0.4) is 0 Å². The van der Waals surface area contributed by atoms with E-state index in [2.05, 4.69) is 41.2 Å². The third kappa shape index (κ3) is 7.71. The maximum atomic E-state index is 6.23. The molecule has 0 unspecified atom stereocenters. The zero-order valence-electron chi connectivity index (χ0n) is 15.7. The van der Waals surface area contributed by atoms with E-state index in [0.29, 0.717) is 40.7 Å². The van der Waals surface area contributed by atoms with Crippen LogP contribution in [0.4, 0.5) is 0 Å². The number of rotatable bonds is 9. The van der Waals surface area contributed by atoms with Crippen LogP contribution in [0.25, 0.3) is 0 Å². The molecule has 0 heterocycles. The van der Waals surface area contributed by atoms with Crippen LogP contribution in [0.2, 0.25) is 10.0 Å². The van der Waals surface area contributed by atoms with Crippen LogP contribution < -0.4 is 14.8 Å². The van der Waals surface area contributed by atoms with Crippen LogP contribution in [0.15, 0.2) is 34.8 Å². The summed E-state index contributed by atoms with van der Waals surface area (Å²) >= 11 is 15.8. The van der Waals surface area contributed by atoms with E-state index in [4.69, 9.17) is 32.7 Å². The minimum absolute atomic E-state index is 0. The second-order valence-corrected chi connectivity index (χ2v) is 8.09. The molecule has 0 radical (unpaired) electrons. The summed E-state index contributed by atoms with van der Waals surface area (Å²) in [6, 6.07) is 9.44. The Hall–Kier alpha value is -0.650. The van der Waals surface area contributed by atoms with E-state index in [0.717, 1.165) is 28.7 Å². The third-order valence-electron chi connectivity index (χ3n) is 3.64. The van der Waals surface area contributed by atoms with Gasteiger partial charge in [0.15, 0.2) is 11.5 Å². The highest BCUT2D eigenvalue weighted by Gasteiger charge is 2.13. The second kappa shape index (κ2) is 12.0. The summed E-state index contributed by atoms with van der Waals surface area (Å²) in [7, 11) is 0. The average Bonchev–Trinajstić information content (AvgIpc) is 2.55. The molecule has 0 saturated heterocycles. The Bertz CT molecular complexity index is 741. The lowest BCUT2D eigenvalue weighted by Crippen LogP contribution is -2.19. The smallest absolute Gasteiger partial charge is 0.175 e. The first kappa shape index (κ1) is 24.4. The predicted octanol–water partition coefficient (Wildman–Crippen LogP) is 6.90. The Balaban J connectivity index is 0.00000364. The molecule has 27 heavy (non-hydrogen) atoms. The summed E-state index contributed by atoms with van der Waals surface area (Å²) < 4.78 is 12.6. The van der Waals surface area contributed by atoms with Crippen molar-refractivity contribution in [1.82, 2.24) is 5.32 Å². The second-order valence-electron chi connectivity index (χ2n) is 6.39. The van der Waals surface area contributed by atoms with Gasteiger partial charge in [-0.25, -0.2) is 0 Å². The number of ether oxygens (including phenoxy) is 2. The van der Waals surface area contributed by atoms with E-state index < -0.39 is 0 Å². The Labute approximate surface area is 186 Å². The lowest BCUT2D eigenvalue weighted by molar-refractivity contribution is 0.267. The summed E-state index contributed by atoms with van der Waals surface area (Å²) in [4.78, 5) is 0. The zero-order valence-corrected chi connectivity index (χ0v) is 19.6. The monoisotopic (exact) mass is 495 g/mol. The van der Waals surface area contributed by atoms with Crippen LogP contribution in [0, 0.1) is 5.92 Å². The molecule has 0 aliphatic heterocycles. The molecule has 1 N–H and O–H groups in total. The number of halogens is 4. The minimum Gasteiger partial charge on any atom is -0.490 e. The van der Waals surface area contributed by atoms with Crippen molar-refractivity contribution >= 4 is 51.5 Å². The molecule has 7 heteroatoms. The molecule has 2 aromatic carbocycles. The Morgan fingerprint density at radius 1 is 1.11 bits per heavy atom. The zero-order chi connectivity index (χ0) is 19.1. The SMILES string of the molecule is CCOc1cc(CNCC(C)C)cc(Br)c1OCc1ccc(Cl)cc1Cl.Cl. The molecule has 0 amide bonds. The van der Waals surface area contributed by atoms with Crippen LogP contribution in [0.1, 0.15) is 31.9 Å². The van der Waals surface area contributed by atoms with Gasteiger partial charge in [0, 0.05) is 22.2 Å². The van der Waals surface area contributed by atoms with Gasteiger partial charge in [-0.05, 0) is 65.1 Å². The standard InChI is InChI=1S/C20H24BrCl2NO2.ClH/c1-4-25-19-8-14(11-24-10-13(2)3)7-17(21)20(19)26-12-15-5-6-16(22)9-18(15)23;/h5-9,13,24H,4,10-12H2,1-3H3;1H. The van der Waals surface area contributed by atoms with E-state index in [1.807, 2.05) is 19.1 Å². The summed E-state index contributed by atoms with van der Waals surface area (Å²) in [5, 5.41) is 4.63. The van der Waals surface area contributed by atoms with Gasteiger partial charge in [-0.15, -0.1) is 12.4 Å². The molecular formula is C20H25BrCl3NO2. The van der Waals surface area contributed by atoms with Crippen molar-refractivity contribution in [2.45, 2.75) is 33.9 Å². The largest absolute Gasteiger partial charge is 0.490 e. The van der Waals surface area contributed by atoms with Crippen LogP contribution in [0.5, 0.6) is 11.5 Å². The first-order valence-electron chi connectivity index (χ1n) is 8.63. The summed E-state index contributed by atoms with van der Waals surface area (Å²) in [6.45, 7) is 8.97. The summed E-state index contributed by atoms with van der Waals surface area (Å²) in [6.07, 6.45) is 0. The van der Waals surface area contributed by atoms with Gasteiger partial charge in [0.1, 0.15) is 6.61 Å². The third-order valence-corrected chi connectivity index (χ3v) is 4.81. The molecule has 150 valence electrons. The van der Waals surface area contributed by atoms with Crippen molar-refractivity contribution in [3.63, 3.8) is 0 Å². The molecule has 2 rings (SSSR count). The Morgan fingerprint density at radius 2 is 1.85 bits per heavy atom. The molecule has 2 aromatic rings. The number of nitrogens with one attached hydrogen (secondary N) is 1. The lowest BCUT2D eigenvalue weighted by atomic mass is 10.1. The molecule has 3 nitrogen and oxygen atoms in total. The van der Waals surface area contributed by atoms with Crippen molar-refractivity contribution in [1.29, 1.82) is 0 Å². The van der Waals surface area contributed by atoms with Crippen LogP contribution in [-0.4, -0.2) is 13.2 Å². The highest BCUT2D eigenvalue weighted by molar-refractivity contribution is 9.10. The van der Waals surface area contributed by atoms with Gasteiger partial charge in [-0.1, -0.05) is 43.1 Å². The molecular weight excluding hydrogens is 472 g/mol. The fourth-order valence-corrected chi connectivity index (χ4v) is 3.49. The van der Waals surface area contributed by atoms with E-state index in [-0.39, 0.29) is 12.4 Å². The number of hydrogen-bond acceptors (Lipinski definition) is 3. The fraction of sp³-hybridized carbons (Fsp3) is 0.400. The molecule has 0 aliphatic rings. The first-order chi connectivity index (χ1) is 12.4. The van der Waals surface area contributed by atoms with Gasteiger partial charge in [0.2, 0.25) is 0 Å². The molecule has 0 saturated carbocycles. The summed E-state index contributed by atoms with van der Waals surface area (Å²) in [5.74, 6) is 2.00. The van der Waals surface area contributed by atoms with Crippen LogP contribution in [-0.2, 0) is 13.2 Å². The highest BCUT2D eigenvalue weighted by Crippen LogP contribution is 2.38. The minimum atomic E-state index is 0. The molecule has 0 atom stereocenters. The molecule has 0 fully saturated rings. The van der Waals surface area contributed by atoms with E-state index >= 15 is 0 Å². The number of benzene rings is 2. The average molecular weight is 498 g/mol. The summed E-state index contributed by atoms with van der Waals surface area (Å²) in [5.41, 5.74) is 2.01. The Kier molecular flexibility index (Phi) is 10.9. The van der Waals surface area contributed by atoms with E-state index in [1.165, 1.54) is 0 Å². The van der Waals surface area contributed by atoms with Crippen molar-refractivity contribution < 1.29 is 9.47 Å². The predicted molar refractivity (Wildman–Crippen MR) is 120 cm³/mol. The molecule has 0 aliphatic carbocycles. The van der Waals surface area contributed by atoms with E-state index in [1.54, 1.807) is 12.1 Å². The molecule has 0 spiro atoms. The molecule has 0 bridgehead atoms. The van der Waals surface area contributed by atoms with Crippen LogP contribution >= 0.6 is 51.5 Å². The lowest BCUT2D eigenvalue weighted by Gasteiger charge is -2.16. The van der Waals surface area contributed by atoms with Crippen molar-refractivity contribution in [2.24, 2.45) is 5.92 Å². The highest BCUT2D eigenvalue weighted by atomic mass is 79.9. The maximum absolute atomic E-state index is 6.23. The van der Waals surface area contributed by atoms with Crippen molar-refractivity contribution in [3.8, 4) is 11.5 Å². The maximum Gasteiger partial charge on any atom is 0.175 e. The first-order valence-corrected chi connectivity index (χ1v) is 10.2. The van der Waals surface area contributed by atoms with E-state index in [9.17, 15) is 0 Å². The number of hydrogen-bond donors (Lipinski definition) is 1. The van der Waals surface area contributed by atoms with Gasteiger partial charge < -0.3 is 14.8 Å². The normalized spacial score (nSPS) is 10.6. The topological polar surface area (TPSA) is 30.5 Å². The van der Waals surface area contributed by atoms with Crippen molar-refractivity contribution in [2.75, 3.05) is 13.2 Å².